The van der Waals surface area contributed by atoms with Gasteiger partial charge in [-0.05, 0) is 39.7 Å². The second-order valence-corrected chi connectivity index (χ2v) is 9.39. The zero-order chi connectivity index (χ0) is 23.9. The van der Waals surface area contributed by atoms with Gasteiger partial charge in [0.15, 0.2) is 5.72 Å². The van der Waals surface area contributed by atoms with E-state index >= 15 is 0 Å². The molecule has 0 spiro atoms. The molecule has 1 saturated carbocycles. The molecule has 3 aromatic heterocycles. The van der Waals surface area contributed by atoms with Gasteiger partial charge < -0.3 is 31.7 Å². The third kappa shape index (κ3) is 4.34. The lowest BCUT2D eigenvalue weighted by Gasteiger charge is -2.31. The molecule has 176 valence electrons. The molecule has 0 aliphatic heterocycles. The molecule has 12 heteroatoms. The average molecular weight is 474 g/mol. The van der Waals surface area contributed by atoms with Crippen LogP contribution in [0.3, 0.4) is 0 Å². The summed E-state index contributed by atoms with van der Waals surface area (Å²) in [6, 6.07) is 1.15. The fourth-order valence-electron chi connectivity index (χ4n) is 3.97. The first-order chi connectivity index (χ1) is 15.6. The highest BCUT2D eigenvalue weighted by Crippen LogP contribution is 2.40. The second-order valence-electron chi connectivity index (χ2n) is 8.36. The number of fused-ring (bicyclic) bond motifs is 1. The molecule has 1 amide bonds. The summed E-state index contributed by atoms with van der Waals surface area (Å²) in [5, 5.41) is 37.8. The van der Waals surface area contributed by atoms with Gasteiger partial charge in [0.05, 0.1) is 21.7 Å². The van der Waals surface area contributed by atoms with Gasteiger partial charge in [0.25, 0.3) is 0 Å². The number of nitrogens with two attached hydrogens (primary N) is 1. The topological polar surface area (TPSA) is 179 Å². The largest absolute Gasteiger partial charge is 0.396 e. The number of aryl methyl sites for hydroxylation is 2. The SMILES string of the molecule is Cc1nc(N[C@H](C)C(N)=O)nc(N[C@@]2(O)CC[C@H](CO)[C@H]2O)c1-c1nc2c(C)nccc2s1. The van der Waals surface area contributed by atoms with E-state index in [2.05, 4.69) is 25.6 Å². The Hall–Kier alpha value is -2.93. The van der Waals surface area contributed by atoms with Crippen LogP contribution < -0.4 is 16.4 Å². The van der Waals surface area contributed by atoms with Crippen LogP contribution in [0.15, 0.2) is 12.3 Å². The first kappa shape index (κ1) is 23.2. The number of hydrogen-bond donors (Lipinski definition) is 6. The highest BCUT2D eigenvalue weighted by atomic mass is 32.1. The van der Waals surface area contributed by atoms with Crippen LogP contribution in [0.4, 0.5) is 11.8 Å². The number of aliphatic hydroxyl groups is 3. The lowest BCUT2D eigenvalue weighted by atomic mass is 10.0. The Balaban J connectivity index is 1.82. The number of aliphatic hydroxyl groups excluding tert-OH is 2. The second kappa shape index (κ2) is 8.78. The lowest BCUT2D eigenvalue weighted by molar-refractivity contribution is -0.118. The van der Waals surface area contributed by atoms with Crippen molar-refractivity contribution in [2.75, 3.05) is 17.2 Å². The Morgan fingerprint density at radius 1 is 1.33 bits per heavy atom. The van der Waals surface area contributed by atoms with Crippen molar-refractivity contribution >= 4 is 39.2 Å². The first-order valence-electron chi connectivity index (χ1n) is 10.6. The number of anilines is 2. The summed E-state index contributed by atoms with van der Waals surface area (Å²) in [6.07, 6.45) is 1.17. The maximum absolute atomic E-state index is 11.5. The van der Waals surface area contributed by atoms with Gasteiger partial charge in [-0.1, -0.05) is 0 Å². The monoisotopic (exact) mass is 473 g/mol. The minimum atomic E-state index is -1.70. The molecule has 1 aliphatic rings. The van der Waals surface area contributed by atoms with Crippen LogP contribution in [0.25, 0.3) is 20.8 Å². The van der Waals surface area contributed by atoms with Crippen molar-refractivity contribution in [3.05, 3.63) is 23.7 Å². The zero-order valence-electron chi connectivity index (χ0n) is 18.5. The molecule has 11 nitrogen and oxygen atoms in total. The molecule has 0 radical (unpaired) electrons. The standard InChI is InChI=1S/C21H27N7O4S/c1-9-14(19-26-15-10(2)23-7-5-13(15)33-19)18(27-20(24-9)25-11(3)17(22)31)28-21(32)6-4-12(8-29)16(21)30/h5,7,11-12,16,29-30,32H,4,6,8H2,1-3H3,(H2,22,31)(H2,24,25,27,28)/t11-,12-,16-,21-/m1/s1. The van der Waals surface area contributed by atoms with E-state index in [1.165, 1.54) is 11.3 Å². The normalized spacial score (nSPS) is 23.6. The number of carbonyl (C=O) groups excluding carboxylic acids is 1. The average Bonchev–Trinajstić information content (AvgIpc) is 3.30. The fourth-order valence-corrected chi connectivity index (χ4v) is 5.08. The molecule has 4 atom stereocenters. The highest BCUT2D eigenvalue weighted by molar-refractivity contribution is 7.21. The minimum absolute atomic E-state index is 0.138. The van der Waals surface area contributed by atoms with Gasteiger partial charge in [-0.2, -0.15) is 4.98 Å². The number of aromatic nitrogens is 4. The predicted molar refractivity (Wildman–Crippen MR) is 125 cm³/mol. The van der Waals surface area contributed by atoms with E-state index < -0.39 is 29.7 Å². The minimum Gasteiger partial charge on any atom is -0.396 e. The van der Waals surface area contributed by atoms with Crippen LogP contribution in [0, 0.1) is 19.8 Å². The van der Waals surface area contributed by atoms with Crippen LogP contribution >= 0.6 is 11.3 Å². The van der Waals surface area contributed by atoms with E-state index in [0.29, 0.717) is 22.7 Å². The van der Waals surface area contributed by atoms with E-state index in [4.69, 9.17) is 10.7 Å². The molecule has 33 heavy (non-hydrogen) atoms. The number of amides is 1. The van der Waals surface area contributed by atoms with E-state index in [0.717, 1.165) is 15.9 Å². The summed E-state index contributed by atoms with van der Waals surface area (Å²) in [5.41, 5.74) is 6.30. The molecule has 3 aromatic rings. The van der Waals surface area contributed by atoms with Crippen molar-refractivity contribution in [3.63, 3.8) is 0 Å². The number of hydrogen-bond acceptors (Lipinski definition) is 11. The van der Waals surface area contributed by atoms with Crippen molar-refractivity contribution in [2.45, 2.75) is 51.5 Å². The van der Waals surface area contributed by atoms with E-state index in [-0.39, 0.29) is 24.8 Å². The Bertz CT molecular complexity index is 1200. The fraction of sp³-hybridized carbons (Fsp3) is 0.476. The summed E-state index contributed by atoms with van der Waals surface area (Å²) in [4.78, 5) is 29.5. The zero-order valence-corrected chi connectivity index (χ0v) is 19.3. The van der Waals surface area contributed by atoms with Crippen LogP contribution in [-0.2, 0) is 4.79 Å². The Morgan fingerprint density at radius 3 is 2.73 bits per heavy atom. The third-order valence-electron chi connectivity index (χ3n) is 5.97. The maximum Gasteiger partial charge on any atom is 0.239 e. The number of pyridine rings is 1. The molecule has 7 N–H and O–H groups in total. The lowest BCUT2D eigenvalue weighted by Crippen LogP contribution is -2.48. The van der Waals surface area contributed by atoms with Gasteiger partial charge in [0, 0.05) is 18.7 Å². The molecule has 1 aliphatic carbocycles. The molecule has 0 saturated heterocycles. The molecule has 4 rings (SSSR count). The van der Waals surface area contributed by atoms with E-state index in [9.17, 15) is 20.1 Å². The highest BCUT2D eigenvalue weighted by Gasteiger charge is 2.47. The Labute approximate surface area is 194 Å². The number of rotatable bonds is 7. The number of nitrogens with one attached hydrogen (secondary N) is 2. The summed E-state index contributed by atoms with van der Waals surface area (Å²) in [7, 11) is 0. The van der Waals surface area contributed by atoms with Crippen molar-refractivity contribution in [3.8, 4) is 10.6 Å². The van der Waals surface area contributed by atoms with E-state index in [1.54, 1.807) is 20.0 Å². The van der Waals surface area contributed by atoms with Crippen LogP contribution in [0.5, 0.6) is 0 Å². The van der Waals surface area contributed by atoms with Gasteiger partial charge in [0.2, 0.25) is 11.9 Å². The Morgan fingerprint density at radius 2 is 2.09 bits per heavy atom. The smallest absolute Gasteiger partial charge is 0.239 e. The molecule has 0 aromatic carbocycles. The third-order valence-corrected chi connectivity index (χ3v) is 7.01. The quantitative estimate of drug-likeness (QED) is 0.270. The number of carbonyl (C=O) groups is 1. The molecular weight excluding hydrogens is 446 g/mol. The predicted octanol–water partition coefficient (Wildman–Crippen LogP) is 0.915. The Kier molecular flexibility index (Phi) is 6.18. The molecule has 0 unspecified atom stereocenters. The van der Waals surface area contributed by atoms with Crippen molar-refractivity contribution in [1.29, 1.82) is 0 Å². The summed E-state index contributed by atoms with van der Waals surface area (Å²) in [5.74, 6) is -0.651. The summed E-state index contributed by atoms with van der Waals surface area (Å²) < 4.78 is 0.937. The summed E-state index contributed by atoms with van der Waals surface area (Å²) in [6.45, 7) is 4.99. The van der Waals surface area contributed by atoms with Crippen molar-refractivity contribution in [1.82, 2.24) is 19.9 Å². The molecule has 3 heterocycles. The van der Waals surface area contributed by atoms with Gasteiger partial charge in [-0.25, -0.2) is 9.97 Å². The van der Waals surface area contributed by atoms with Crippen LogP contribution in [0.1, 0.15) is 31.2 Å². The maximum atomic E-state index is 11.5. The summed E-state index contributed by atoms with van der Waals surface area (Å²) >= 11 is 1.43. The van der Waals surface area contributed by atoms with Gasteiger partial charge in [-0.3, -0.25) is 9.78 Å². The molecule has 1 fully saturated rings. The molecule has 0 bridgehead atoms. The van der Waals surface area contributed by atoms with E-state index in [1.807, 2.05) is 13.0 Å². The van der Waals surface area contributed by atoms with Gasteiger partial charge >= 0.3 is 0 Å². The van der Waals surface area contributed by atoms with Crippen LogP contribution in [-0.4, -0.2) is 65.6 Å². The molecular formula is C21H27N7O4S. The number of thiazole rings is 1. The van der Waals surface area contributed by atoms with Crippen molar-refractivity contribution in [2.24, 2.45) is 11.7 Å². The van der Waals surface area contributed by atoms with Crippen LogP contribution in [0.2, 0.25) is 0 Å². The first-order valence-corrected chi connectivity index (χ1v) is 11.4. The number of primary amides is 1. The van der Waals surface area contributed by atoms with Gasteiger partial charge in [-0.15, -0.1) is 11.3 Å². The van der Waals surface area contributed by atoms with Crippen molar-refractivity contribution < 1.29 is 20.1 Å². The number of nitrogens with zero attached hydrogens (tertiary/aromatic N) is 4. The van der Waals surface area contributed by atoms with Gasteiger partial charge in [0.1, 0.15) is 28.5 Å².